The number of fused-ring (bicyclic) bond motifs is 1. The van der Waals surface area contributed by atoms with E-state index >= 15 is 0 Å². The van der Waals surface area contributed by atoms with Crippen LogP contribution in [0.5, 0.6) is 0 Å². The minimum atomic E-state index is -0.218. The van der Waals surface area contributed by atoms with Gasteiger partial charge in [0, 0.05) is 19.5 Å². The van der Waals surface area contributed by atoms with Crippen molar-refractivity contribution in [2.45, 2.75) is 27.7 Å². The number of rotatable bonds is 2. The number of Topliss-reactive ketones (excluding diaryl/α,β-unsaturated/α-hetero) is 1. The lowest BCUT2D eigenvalue weighted by molar-refractivity contribution is 0.101. The first kappa shape index (κ1) is 15.1. The highest BCUT2D eigenvalue weighted by atomic mass is 16.4. The van der Waals surface area contributed by atoms with E-state index in [9.17, 15) is 9.59 Å². The summed E-state index contributed by atoms with van der Waals surface area (Å²) in [5.74, 6) is 1.18. The minimum Gasteiger partial charge on any atom is -0.437 e. The van der Waals surface area contributed by atoms with Crippen LogP contribution in [0.4, 0.5) is 0 Å². The van der Waals surface area contributed by atoms with Gasteiger partial charge >= 0.3 is 0 Å². The third kappa shape index (κ3) is 2.36. The van der Waals surface area contributed by atoms with Gasteiger partial charge in [0.15, 0.2) is 23.3 Å². The molecule has 0 atom stereocenters. The van der Waals surface area contributed by atoms with Crippen molar-refractivity contribution in [1.29, 1.82) is 0 Å². The normalized spacial score (nSPS) is 11.2. The van der Waals surface area contributed by atoms with E-state index in [4.69, 9.17) is 4.42 Å². The van der Waals surface area contributed by atoms with Crippen molar-refractivity contribution >= 4 is 16.7 Å². The first-order chi connectivity index (χ1) is 10.8. The predicted octanol–water partition coefficient (Wildman–Crippen LogP) is 2.72. The van der Waals surface area contributed by atoms with E-state index in [-0.39, 0.29) is 11.3 Å². The number of hydrogen-bond donors (Lipinski definition) is 0. The van der Waals surface area contributed by atoms with Crippen LogP contribution in [-0.2, 0) is 7.05 Å². The second-order valence-corrected chi connectivity index (χ2v) is 5.71. The van der Waals surface area contributed by atoms with Crippen molar-refractivity contribution in [3.8, 4) is 11.6 Å². The van der Waals surface area contributed by atoms with Crippen LogP contribution >= 0.6 is 0 Å². The highest BCUT2D eigenvalue weighted by molar-refractivity contribution is 6.05. The van der Waals surface area contributed by atoms with Gasteiger partial charge in [0.2, 0.25) is 0 Å². The molecule has 0 radical (unpaired) electrons. The fourth-order valence-corrected chi connectivity index (χ4v) is 2.73. The summed E-state index contributed by atoms with van der Waals surface area (Å²) in [6.07, 6.45) is 0. The summed E-state index contributed by atoms with van der Waals surface area (Å²) in [7, 11) is 1.64. The summed E-state index contributed by atoms with van der Waals surface area (Å²) in [5.41, 5.74) is 2.12. The molecule has 6 nitrogen and oxygen atoms in total. The Bertz CT molecular complexity index is 1010. The van der Waals surface area contributed by atoms with Gasteiger partial charge in [0.25, 0.3) is 5.56 Å². The fourth-order valence-electron chi connectivity index (χ4n) is 2.73. The molecule has 0 saturated heterocycles. The quantitative estimate of drug-likeness (QED) is 0.680. The van der Waals surface area contributed by atoms with Crippen LogP contribution in [0.2, 0.25) is 0 Å². The molecule has 0 bridgehead atoms. The maximum atomic E-state index is 12.7. The molecule has 2 aromatic heterocycles. The minimum absolute atomic E-state index is 0.129. The molecular weight excluding hydrogens is 294 g/mol. The Kier molecular flexibility index (Phi) is 3.39. The van der Waals surface area contributed by atoms with Crippen molar-refractivity contribution in [3.63, 3.8) is 0 Å². The molecular formula is C17H17N3O3. The van der Waals surface area contributed by atoms with E-state index in [1.165, 1.54) is 11.5 Å². The Morgan fingerprint density at radius 2 is 1.87 bits per heavy atom. The zero-order valence-electron chi connectivity index (χ0n) is 13.7. The highest BCUT2D eigenvalue weighted by Crippen LogP contribution is 2.25. The zero-order chi connectivity index (χ0) is 16.9. The molecule has 0 unspecified atom stereocenters. The fraction of sp³-hybridized carbons (Fsp3) is 0.294. The van der Waals surface area contributed by atoms with Gasteiger partial charge in [-0.2, -0.15) is 0 Å². The van der Waals surface area contributed by atoms with E-state index in [1.807, 2.05) is 6.92 Å². The topological polar surface area (TPSA) is 78.0 Å². The zero-order valence-corrected chi connectivity index (χ0v) is 13.7. The Hall–Kier alpha value is -2.76. The lowest BCUT2D eigenvalue weighted by Gasteiger charge is -2.10. The van der Waals surface area contributed by atoms with Crippen molar-refractivity contribution in [2.24, 2.45) is 7.05 Å². The summed E-state index contributed by atoms with van der Waals surface area (Å²) in [4.78, 5) is 33.4. The first-order valence-corrected chi connectivity index (χ1v) is 7.26. The van der Waals surface area contributed by atoms with Gasteiger partial charge in [-0.25, -0.2) is 9.97 Å². The average molecular weight is 311 g/mol. The molecule has 0 N–H and O–H groups in total. The molecule has 0 aliphatic carbocycles. The number of carbonyl (C=O) groups is 1. The van der Waals surface area contributed by atoms with Gasteiger partial charge in [-0.15, -0.1) is 0 Å². The Morgan fingerprint density at radius 3 is 2.43 bits per heavy atom. The van der Waals surface area contributed by atoms with Crippen LogP contribution in [0.1, 0.15) is 34.4 Å². The molecule has 1 aromatic carbocycles. The van der Waals surface area contributed by atoms with E-state index in [0.29, 0.717) is 39.6 Å². The largest absolute Gasteiger partial charge is 0.437 e. The molecule has 118 valence electrons. The number of carbonyl (C=O) groups excluding carboxylic acids is 1. The summed E-state index contributed by atoms with van der Waals surface area (Å²) >= 11 is 0. The highest BCUT2D eigenvalue weighted by Gasteiger charge is 2.19. The number of aromatic nitrogens is 3. The molecule has 0 aliphatic heterocycles. The number of benzene rings is 1. The SMILES string of the molecule is CC(=O)c1cc(C)cc2c(=O)n(C)c(-c3oc(C)nc3C)nc12. The first-order valence-electron chi connectivity index (χ1n) is 7.26. The van der Waals surface area contributed by atoms with Crippen molar-refractivity contribution in [2.75, 3.05) is 0 Å². The van der Waals surface area contributed by atoms with E-state index in [1.54, 1.807) is 33.0 Å². The Labute approximate surface area is 132 Å². The lowest BCUT2D eigenvalue weighted by Crippen LogP contribution is -2.21. The predicted molar refractivity (Wildman–Crippen MR) is 86.7 cm³/mol. The van der Waals surface area contributed by atoms with E-state index < -0.39 is 0 Å². The molecule has 0 amide bonds. The lowest BCUT2D eigenvalue weighted by atomic mass is 10.0. The molecule has 6 heteroatoms. The molecule has 0 aliphatic rings. The average Bonchev–Trinajstić information content (AvgIpc) is 2.81. The Morgan fingerprint density at radius 1 is 1.17 bits per heavy atom. The van der Waals surface area contributed by atoms with E-state index in [2.05, 4.69) is 9.97 Å². The van der Waals surface area contributed by atoms with Crippen LogP contribution in [0, 0.1) is 20.8 Å². The van der Waals surface area contributed by atoms with Gasteiger partial charge in [0.1, 0.15) is 0 Å². The van der Waals surface area contributed by atoms with Gasteiger partial charge in [-0.05, 0) is 38.5 Å². The molecule has 3 rings (SSSR count). The number of hydrogen-bond acceptors (Lipinski definition) is 5. The van der Waals surface area contributed by atoms with Gasteiger partial charge in [0.05, 0.1) is 16.6 Å². The number of aryl methyl sites for hydroxylation is 3. The van der Waals surface area contributed by atoms with Crippen LogP contribution < -0.4 is 5.56 Å². The molecule has 23 heavy (non-hydrogen) atoms. The molecule has 0 spiro atoms. The third-order valence-corrected chi connectivity index (χ3v) is 3.81. The van der Waals surface area contributed by atoms with Crippen LogP contribution in [0.3, 0.4) is 0 Å². The number of nitrogens with zero attached hydrogens (tertiary/aromatic N) is 3. The monoisotopic (exact) mass is 311 g/mol. The van der Waals surface area contributed by atoms with Crippen molar-refractivity contribution in [1.82, 2.24) is 14.5 Å². The van der Waals surface area contributed by atoms with Gasteiger partial charge in [-0.3, -0.25) is 14.2 Å². The molecule has 3 aromatic rings. The van der Waals surface area contributed by atoms with Crippen LogP contribution in [0.15, 0.2) is 21.3 Å². The Balaban J connectivity index is 2.47. The maximum absolute atomic E-state index is 12.7. The molecule has 0 saturated carbocycles. The number of oxazole rings is 1. The van der Waals surface area contributed by atoms with E-state index in [0.717, 1.165) is 5.56 Å². The summed E-state index contributed by atoms with van der Waals surface area (Å²) in [5, 5.41) is 0.426. The maximum Gasteiger partial charge on any atom is 0.261 e. The third-order valence-electron chi connectivity index (χ3n) is 3.81. The molecule has 2 heterocycles. The summed E-state index contributed by atoms with van der Waals surface area (Å²) in [6.45, 7) is 6.85. The van der Waals surface area contributed by atoms with Gasteiger partial charge in [-0.1, -0.05) is 0 Å². The van der Waals surface area contributed by atoms with Crippen molar-refractivity contribution in [3.05, 3.63) is 45.2 Å². The summed E-state index contributed by atoms with van der Waals surface area (Å²) < 4.78 is 7.02. The standard InChI is InChI=1S/C17H17N3O3/c1-8-6-12(10(3)21)14-13(7-8)17(22)20(5)16(19-14)15-9(2)18-11(4)23-15/h6-7H,1-5H3. The smallest absolute Gasteiger partial charge is 0.261 e. The second-order valence-electron chi connectivity index (χ2n) is 5.71. The summed E-state index contributed by atoms with van der Waals surface area (Å²) in [6, 6.07) is 3.50. The van der Waals surface area contributed by atoms with Gasteiger partial charge < -0.3 is 4.42 Å². The van der Waals surface area contributed by atoms with Crippen LogP contribution in [0.25, 0.3) is 22.5 Å². The number of ketones is 1. The molecule has 0 fully saturated rings. The van der Waals surface area contributed by atoms with Crippen molar-refractivity contribution < 1.29 is 9.21 Å². The second kappa shape index (κ2) is 5.15. The van der Waals surface area contributed by atoms with Crippen LogP contribution in [-0.4, -0.2) is 20.3 Å².